The second-order valence-corrected chi connectivity index (χ2v) is 6.81. The van der Waals surface area contributed by atoms with Crippen molar-refractivity contribution in [3.8, 4) is 0 Å². The minimum atomic E-state index is -4.75. The van der Waals surface area contributed by atoms with Crippen LogP contribution in [-0.4, -0.2) is 44.3 Å². The molecule has 1 aromatic heterocycles. The van der Waals surface area contributed by atoms with Crippen molar-refractivity contribution in [2.45, 2.75) is 37.6 Å². The fourth-order valence-corrected chi connectivity index (χ4v) is 3.15. The van der Waals surface area contributed by atoms with Crippen LogP contribution in [0, 0.1) is 0 Å². The van der Waals surface area contributed by atoms with E-state index in [0.29, 0.717) is 0 Å². The highest BCUT2D eigenvalue weighted by molar-refractivity contribution is 7.46. The zero-order valence-electron chi connectivity index (χ0n) is 12.5. The number of hydrogen-bond acceptors (Lipinski definition) is 6. The van der Waals surface area contributed by atoms with E-state index < -0.39 is 31.3 Å². The van der Waals surface area contributed by atoms with Gasteiger partial charge in [0.2, 0.25) is 0 Å². The van der Waals surface area contributed by atoms with Gasteiger partial charge in [0.15, 0.2) is 0 Å². The maximum Gasteiger partial charge on any atom is 0.469 e. The van der Waals surface area contributed by atoms with Gasteiger partial charge >= 0.3 is 13.5 Å². The summed E-state index contributed by atoms with van der Waals surface area (Å²) < 4.78 is 37.1. The Kier molecular flexibility index (Phi) is 5.22. The summed E-state index contributed by atoms with van der Waals surface area (Å²) in [7, 11) is -4.75. The average molecular weight is 351 g/mol. The third-order valence-electron chi connectivity index (χ3n) is 3.66. The van der Waals surface area contributed by atoms with Crippen LogP contribution in [0.5, 0.6) is 0 Å². The summed E-state index contributed by atoms with van der Waals surface area (Å²) in [4.78, 5) is 33.3. The molecule has 0 radical (unpaired) electrons. The monoisotopic (exact) mass is 351 g/mol. The SMILES string of the molecule is CC1(F)CC(OP(=O)(O)O)CCOCC1n1ccc(N)nc1=O. The molecule has 1 fully saturated rings. The first-order chi connectivity index (χ1) is 10.6. The Morgan fingerprint density at radius 1 is 1.61 bits per heavy atom. The molecule has 0 amide bonds. The molecule has 0 spiro atoms. The molecule has 4 N–H and O–H groups in total. The first-order valence-electron chi connectivity index (χ1n) is 6.94. The summed E-state index contributed by atoms with van der Waals surface area (Å²) in [6, 6.07) is 0.339. The summed E-state index contributed by atoms with van der Waals surface area (Å²) in [6.45, 7) is 1.26. The molecule has 9 nitrogen and oxygen atoms in total. The van der Waals surface area contributed by atoms with E-state index in [-0.39, 0.29) is 31.9 Å². The smallest absolute Gasteiger partial charge is 0.383 e. The summed E-state index contributed by atoms with van der Waals surface area (Å²) in [5, 5.41) is 0. The topological polar surface area (TPSA) is 137 Å². The first kappa shape index (κ1) is 18.0. The molecule has 1 aliphatic heterocycles. The molecule has 0 bridgehead atoms. The number of rotatable bonds is 3. The number of hydrogen-bond donors (Lipinski definition) is 3. The highest BCUT2D eigenvalue weighted by Gasteiger charge is 2.41. The number of nitrogen functional groups attached to an aromatic ring is 1. The number of aromatic nitrogens is 2. The second-order valence-electron chi connectivity index (χ2n) is 5.62. The second kappa shape index (κ2) is 6.66. The van der Waals surface area contributed by atoms with E-state index >= 15 is 4.39 Å². The van der Waals surface area contributed by atoms with Crippen molar-refractivity contribution in [3.05, 3.63) is 22.7 Å². The molecule has 2 heterocycles. The zero-order chi connectivity index (χ0) is 17.3. The Hall–Kier alpha value is -1.32. The van der Waals surface area contributed by atoms with Crippen LogP contribution in [0.1, 0.15) is 25.8 Å². The largest absolute Gasteiger partial charge is 0.469 e. The van der Waals surface area contributed by atoms with E-state index in [1.165, 1.54) is 19.2 Å². The number of phosphoric acid groups is 1. The Bertz CT molecular complexity index is 660. The molecule has 11 heteroatoms. The van der Waals surface area contributed by atoms with Crippen LogP contribution < -0.4 is 11.4 Å². The molecule has 1 aliphatic rings. The fraction of sp³-hybridized carbons (Fsp3) is 0.667. The number of nitrogens with zero attached hydrogens (tertiary/aromatic N) is 2. The van der Waals surface area contributed by atoms with Crippen LogP contribution in [0.4, 0.5) is 10.2 Å². The lowest BCUT2D eigenvalue weighted by Gasteiger charge is -2.36. The molecule has 0 saturated carbocycles. The van der Waals surface area contributed by atoms with Crippen molar-refractivity contribution in [1.29, 1.82) is 0 Å². The lowest BCUT2D eigenvalue weighted by atomic mass is 9.90. The molecule has 23 heavy (non-hydrogen) atoms. The highest BCUT2D eigenvalue weighted by atomic mass is 31.2. The Balaban J connectivity index is 2.29. The first-order valence-corrected chi connectivity index (χ1v) is 8.47. The van der Waals surface area contributed by atoms with Gasteiger partial charge in [-0.2, -0.15) is 4.98 Å². The zero-order valence-corrected chi connectivity index (χ0v) is 13.4. The fourth-order valence-electron chi connectivity index (χ4n) is 2.58. The standard InChI is InChI=1S/C12H19FN3O6P/c1-12(13)6-8(22-23(18,19)20)3-5-21-7-9(12)16-4-2-10(14)15-11(16)17/h2,4,8-9H,3,5-7H2,1H3,(H2,14,15,17)(H2,18,19,20). The molecular formula is C12H19FN3O6P. The van der Waals surface area contributed by atoms with E-state index in [1.54, 1.807) is 0 Å². The van der Waals surface area contributed by atoms with Gasteiger partial charge in [-0.05, 0) is 19.4 Å². The summed E-state index contributed by atoms with van der Waals surface area (Å²) in [5.41, 5.74) is 2.68. The van der Waals surface area contributed by atoms with E-state index in [2.05, 4.69) is 9.51 Å². The molecule has 3 atom stereocenters. The molecule has 1 aromatic rings. The lowest BCUT2D eigenvalue weighted by molar-refractivity contribution is -0.0424. The van der Waals surface area contributed by atoms with E-state index in [9.17, 15) is 9.36 Å². The maximum atomic E-state index is 15.1. The number of alkyl halides is 1. The third kappa shape index (κ3) is 4.82. The van der Waals surface area contributed by atoms with Crippen LogP contribution in [0.2, 0.25) is 0 Å². The van der Waals surface area contributed by atoms with E-state index in [4.69, 9.17) is 20.3 Å². The summed E-state index contributed by atoms with van der Waals surface area (Å²) in [6.07, 6.45) is 0.109. The molecule has 0 aromatic carbocycles. The van der Waals surface area contributed by atoms with Crippen molar-refractivity contribution >= 4 is 13.6 Å². The normalized spacial score (nSPS) is 29.7. The van der Waals surface area contributed by atoms with Crippen molar-refractivity contribution < 1.29 is 28.0 Å². The Labute approximate surface area is 131 Å². The number of ether oxygens (including phenoxy) is 1. The van der Waals surface area contributed by atoms with Gasteiger partial charge in [0.05, 0.1) is 18.8 Å². The van der Waals surface area contributed by atoms with Gasteiger partial charge in [-0.3, -0.25) is 9.09 Å². The van der Waals surface area contributed by atoms with E-state index in [0.717, 1.165) is 4.57 Å². The van der Waals surface area contributed by atoms with Crippen LogP contribution in [0.15, 0.2) is 17.1 Å². The van der Waals surface area contributed by atoms with Crippen molar-refractivity contribution in [2.75, 3.05) is 18.9 Å². The lowest BCUT2D eigenvalue weighted by Crippen LogP contribution is -2.45. The van der Waals surface area contributed by atoms with E-state index in [1.807, 2.05) is 0 Å². The van der Waals surface area contributed by atoms with Gasteiger partial charge < -0.3 is 20.3 Å². The molecule has 2 rings (SSSR count). The van der Waals surface area contributed by atoms with Crippen LogP contribution in [0.3, 0.4) is 0 Å². The Morgan fingerprint density at radius 2 is 2.30 bits per heavy atom. The molecular weight excluding hydrogens is 332 g/mol. The Morgan fingerprint density at radius 3 is 2.91 bits per heavy atom. The summed E-state index contributed by atoms with van der Waals surface area (Å²) >= 11 is 0. The van der Waals surface area contributed by atoms with Gasteiger partial charge in [0.25, 0.3) is 0 Å². The van der Waals surface area contributed by atoms with Crippen LogP contribution >= 0.6 is 7.82 Å². The molecule has 1 saturated heterocycles. The molecule has 3 unspecified atom stereocenters. The highest BCUT2D eigenvalue weighted by Crippen LogP contribution is 2.42. The average Bonchev–Trinajstić information content (AvgIpc) is 2.36. The maximum absolute atomic E-state index is 15.1. The van der Waals surface area contributed by atoms with Crippen molar-refractivity contribution in [1.82, 2.24) is 9.55 Å². The van der Waals surface area contributed by atoms with Gasteiger partial charge in [0.1, 0.15) is 11.5 Å². The van der Waals surface area contributed by atoms with Gasteiger partial charge in [0, 0.05) is 19.2 Å². The number of anilines is 1. The van der Waals surface area contributed by atoms with Crippen LogP contribution in [0.25, 0.3) is 0 Å². The number of nitrogens with two attached hydrogens (primary N) is 1. The predicted molar refractivity (Wildman–Crippen MR) is 78.4 cm³/mol. The van der Waals surface area contributed by atoms with Gasteiger partial charge in [-0.1, -0.05) is 0 Å². The number of halogens is 1. The quantitative estimate of drug-likeness (QED) is 0.665. The molecule has 130 valence electrons. The summed E-state index contributed by atoms with van der Waals surface area (Å²) in [5.74, 6) is 0.0151. The van der Waals surface area contributed by atoms with Gasteiger partial charge in [-0.15, -0.1) is 0 Å². The predicted octanol–water partition coefficient (Wildman–Crippen LogP) is 0.383. The van der Waals surface area contributed by atoms with Crippen molar-refractivity contribution in [2.24, 2.45) is 0 Å². The minimum absolute atomic E-state index is 0.0151. The molecule has 0 aliphatic carbocycles. The minimum Gasteiger partial charge on any atom is -0.383 e. The number of phosphoric ester groups is 1. The van der Waals surface area contributed by atoms with Crippen molar-refractivity contribution in [3.63, 3.8) is 0 Å². The van der Waals surface area contributed by atoms with Crippen LogP contribution in [-0.2, 0) is 13.8 Å². The van der Waals surface area contributed by atoms with Gasteiger partial charge in [-0.25, -0.2) is 13.8 Å². The third-order valence-corrected chi connectivity index (χ3v) is 4.23.